The first-order valence-corrected chi connectivity index (χ1v) is 8.11. The van der Waals surface area contributed by atoms with E-state index in [1.54, 1.807) is 6.07 Å². The average Bonchev–Trinajstić information content (AvgIpc) is 2.57. The second-order valence-corrected chi connectivity index (χ2v) is 6.43. The molecule has 0 spiro atoms. The Morgan fingerprint density at radius 2 is 1.88 bits per heavy atom. The van der Waals surface area contributed by atoms with Crippen LogP contribution in [0.3, 0.4) is 0 Å². The molecule has 3 rings (SSSR count). The molecular formula is C19H22FNO3. The van der Waals surface area contributed by atoms with Crippen molar-refractivity contribution in [2.75, 3.05) is 26.7 Å². The summed E-state index contributed by atoms with van der Waals surface area (Å²) in [5.41, 5.74) is 1.13. The molecule has 128 valence electrons. The highest BCUT2D eigenvalue weighted by Gasteiger charge is 2.29. The molecule has 4 nitrogen and oxygen atoms in total. The Kier molecular flexibility index (Phi) is 4.90. The van der Waals surface area contributed by atoms with Gasteiger partial charge in [-0.25, -0.2) is 4.39 Å². The quantitative estimate of drug-likeness (QED) is 0.844. The number of hydrogen-bond donors (Lipinski definition) is 2. The molecule has 0 bridgehead atoms. The van der Waals surface area contributed by atoms with Crippen LogP contribution in [0.5, 0.6) is 17.2 Å². The van der Waals surface area contributed by atoms with E-state index in [9.17, 15) is 14.6 Å². The number of phenolic OH excluding ortho intramolecular Hbond substituents is 2. The molecule has 2 atom stereocenters. The standard InChI is InChI=1S/C19H22FNO3/c1-21-9-8-17(13-2-4-15(20)5-3-13)14(11-21)12-24-16-6-7-18(22)19(23)10-16/h2-7,10,14,17,22-23H,8-9,11-12H2,1H3. The van der Waals surface area contributed by atoms with E-state index in [-0.39, 0.29) is 23.2 Å². The third kappa shape index (κ3) is 3.79. The maximum atomic E-state index is 13.2. The lowest BCUT2D eigenvalue weighted by Crippen LogP contribution is -2.39. The molecule has 1 heterocycles. The zero-order valence-corrected chi connectivity index (χ0v) is 13.7. The first-order chi connectivity index (χ1) is 11.5. The van der Waals surface area contributed by atoms with Gasteiger partial charge >= 0.3 is 0 Å². The van der Waals surface area contributed by atoms with E-state index in [4.69, 9.17) is 4.74 Å². The van der Waals surface area contributed by atoms with Crippen LogP contribution in [0.2, 0.25) is 0 Å². The van der Waals surface area contributed by atoms with E-state index in [1.807, 2.05) is 12.1 Å². The van der Waals surface area contributed by atoms with Crippen LogP contribution in [0.1, 0.15) is 17.9 Å². The first-order valence-electron chi connectivity index (χ1n) is 8.11. The summed E-state index contributed by atoms with van der Waals surface area (Å²) in [5.74, 6) is 0.528. The molecule has 5 heteroatoms. The van der Waals surface area contributed by atoms with Crippen LogP contribution in [-0.4, -0.2) is 41.9 Å². The monoisotopic (exact) mass is 331 g/mol. The molecule has 24 heavy (non-hydrogen) atoms. The highest BCUT2D eigenvalue weighted by atomic mass is 19.1. The zero-order chi connectivity index (χ0) is 17.1. The molecule has 1 fully saturated rings. The third-order valence-electron chi connectivity index (χ3n) is 4.65. The normalized spacial score (nSPS) is 21.6. The Morgan fingerprint density at radius 1 is 1.12 bits per heavy atom. The number of nitrogens with zero attached hydrogens (tertiary/aromatic N) is 1. The van der Waals surface area contributed by atoms with Crippen LogP contribution in [-0.2, 0) is 0 Å². The maximum absolute atomic E-state index is 13.2. The molecule has 2 aromatic rings. The molecule has 1 aliphatic rings. The lowest BCUT2D eigenvalue weighted by molar-refractivity contribution is 0.129. The molecule has 1 aliphatic heterocycles. The smallest absolute Gasteiger partial charge is 0.161 e. The second kappa shape index (κ2) is 7.09. The fraction of sp³-hybridized carbons (Fsp3) is 0.368. The molecular weight excluding hydrogens is 309 g/mol. The SMILES string of the molecule is CN1CCC(c2ccc(F)cc2)C(COc2ccc(O)c(O)c2)C1. The number of ether oxygens (including phenoxy) is 1. The Labute approximate surface area is 141 Å². The van der Waals surface area contributed by atoms with Gasteiger partial charge in [-0.2, -0.15) is 0 Å². The number of halogens is 1. The van der Waals surface area contributed by atoms with E-state index in [0.717, 1.165) is 25.1 Å². The van der Waals surface area contributed by atoms with Crippen LogP contribution < -0.4 is 4.74 Å². The summed E-state index contributed by atoms with van der Waals surface area (Å²) in [6.07, 6.45) is 0.997. The Bertz CT molecular complexity index is 690. The van der Waals surface area contributed by atoms with Gasteiger partial charge in [0.2, 0.25) is 0 Å². The van der Waals surface area contributed by atoms with Gasteiger partial charge in [0, 0.05) is 18.5 Å². The number of likely N-dealkylation sites (tertiary alicyclic amines) is 1. The van der Waals surface area contributed by atoms with E-state index < -0.39 is 0 Å². The van der Waals surface area contributed by atoms with Gasteiger partial charge in [0.25, 0.3) is 0 Å². The molecule has 0 aliphatic carbocycles. The van der Waals surface area contributed by atoms with Crippen molar-refractivity contribution in [3.05, 3.63) is 53.8 Å². The molecule has 2 N–H and O–H groups in total. The maximum Gasteiger partial charge on any atom is 0.161 e. The summed E-state index contributed by atoms with van der Waals surface area (Å²) >= 11 is 0. The van der Waals surface area contributed by atoms with Crippen molar-refractivity contribution in [2.45, 2.75) is 12.3 Å². The minimum Gasteiger partial charge on any atom is -0.504 e. The van der Waals surface area contributed by atoms with Gasteiger partial charge in [0.1, 0.15) is 11.6 Å². The lowest BCUT2D eigenvalue weighted by Gasteiger charge is -2.37. The summed E-state index contributed by atoms with van der Waals surface area (Å²) in [6.45, 7) is 2.39. The van der Waals surface area contributed by atoms with Crippen LogP contribution in [0.15, 0.2) is 42.5 Å². The molecule has 2 aromatic carbocycles. The van der Waals surface area contributed by atoms with Crippen molar-refractivity contribution < 1.29 is 19.3 Å². The fourth-order valence-electron chi connectivity index (χ4n) is 3.33. The Hall–Kier alpha value is -2.27. The van der Waals surface area contributed by atoms with Crippen LogP contribution in [0.25, 0.3) is 0 Å². The topological polar surface area (TPSA) is 52.9 Å². The number of aromatic hydroxyl groups is 2. The highest BCUT2D eigenvalue weighted by Crippen LogP contribution is 2.34. The van der Waals surface area contributed by atoms with Crippen LogP contribution >= 0.6 is 0 Å². The summed E-state index contributed by atoms with van der Waals surface area (Å²) < 4.78 is 19.0. The second-order valence-electron chi connectivity index (χ2n) is 6.43. The van der Waals surface area contributed by atoms with E-state index >= 15 is 0 Å². The van der Waals surface area contributed by atoms with Crippen molar-refractivity contribution in [1.29, 1.82) is 0 Å². The third-order valence-corrected chi connectivity index (χ3v) is 4.65. The lowest BCUT2D eigenvalue weighted by atomic mass is 9.81. The molecule has 0 saturated carbocycles. The predicted molar refractivity (Wildman–Crippen MR) is 90.0 cm³/mol. The van der Waals surface area contributed by atoms with Crippen molar-refractivity contribution in [1.82, 2.24) is 4.90 Å². The molecule has 0 amide bonds. The van der Waals surface area contributed by atoms with Crippen molar-refractivity contribution in [3.8, 4) is 17.2 Å². The number of piperidine rings is 1. The molecule has 2 unspecified atom stereocenters. The van der Waals surface area contributed by atoms with E-state index in [2.05, 4.69) is 11.9 Å². The zero-order valence-electron chi connectivity index (χ0n) is 13.7. The van der Waals surface area contributed by atoms with Gasteiger partial charge in [-0.1, -0.05) is 12.1 Å². The summed E-state index contributed by atoms with van der Waals surface area (Å²) in [5, 5.41) is 18.9. The Morgan fingerprint density at radius 3 is 2.58 bits per heavy atom. The van der Waals surface area contributed by atoms with Crippen molar-refractivity contribution in [3.63, 3.8) is 0 Å². The summed E-state index contributed by atoms with van der Waals surface area (Å²) in [7, 11) is 2.08. The first kappa shape index (κ1) is 16.6. The van der Waals surface area contributed by atoms with Gasteiger partial charge < -0.3 is 19.8 Å². The minimum absolute atomic E-state index is 0.163. The van der Waals surface area contributed by atoms with Gasteiger partial charge in [0.15, 0.2) is 11.5 Å². The van der Waals surface area contributed by atoms with Gasteiger partial charge in [-0.15, -0.1) is 0 Å². The van der Waals surface area contributed by atoms with Crippen LogP contribution in [0, 0.1) is 11.7 Å². The van der Waals surface area contributed by atoms with Gasteiger partial charge in [-0.05, 0) is 55.8 Å². The van der Waals surface area contributed by atoms with Gasteiger partial charge in [0.05, 0.1) is 6.61 Å². The van der Waals surface area contributed by atoms with Gasteiger partial charge in [-0.3, -0.25) is 0 Å². The number of hydrogen-bond acceptors (Lipinski definition) is 4. The largest absolute Gasteiger partial charge is 0.504 e. The molecule has 0 radical (unpaired) electrons. The number of rotatable bonds is 4. The molecule has 1 saturated heterocycles. The van der Waals surface area contributed by atoms with E-state index in [0.29, 0.717) is 18.3 Å². The number of benzene rings is 2. The fourth-order valence-corrected chi connectivity index (χ4v) is 3.33. The van der Waals surface area contributed by atoms with Crippen molar-refractivity contribution in [2.24, 2.45) is 5.92 Å². The average molecular weight is 331 g/mol. The van der Waals surface area contributed by atoms with E-state index in [1.165, 1.54) is 24.3 Å². The summed E-state index contributed by atoms with van der Waals surface area (Å²) in [4.78, 5) is 2.27. The Balaban J connectivity index is 1.72. The minimum atomic E-state index is -0.223. The van der Waals surface area contributed by atoms with Crippen LogP contribution in [0.4, 0.5) is 4.39 Å². The predicted octanol–water partition coefficient (Wildman–Crippen LogP) is 3.35. The molecule has 0 aromatic heterocycles. The highest BCUT2D eigenvalue weighted by molar-refractivity contribution is 5.43. The summed E-state index contributed by atoms with van der Waals surface area (Å²) in [6, 6.07) is 11.2. The van der Waals surface area contributed by atoms with Crippen molar-refractivity contribution >= 4 is 0 Å². The number of phenols is 2.